The van der Waals surface area contributed by atoms with Gasteiger partial charge in [0, 0.05) is 0 Å². The van der Waals surface area contributed by atoms with Gasteiger partial charge in [-0.05, 0) is 0 Å². The summed E-state index contributed by atoms with van der Waals surface area (Å²) >= 11 is 5.13. The third-order valence-electron chi connectivity index (χ3n) is 1.40. The van der Waals surface area contributed by atoms with E-state index in [1.807, 2.05) is 0 Å². The van der Waals surface area contributed by atoms with E-state index in [0.717, 1.165) is 7.11 Å². The van der Waals surface area contributed by atoms with E-state index in [0.29, 0.717) is 0 Å². The van der Waals surface area contributed by atoms with Crippen LogP contribution >= 0.6 is 11.6 Å². The summed E-state index contributed by atoms with van der Waals surface area (Å²) in [5.41, 5.74) is 0. The first kappa shape index (κ1) is 9.98. The van der Waals surface area contributed by atoms with Crippen molar-refractivity contribution in [1.82, 2.24) is 0 Å². The molecular weight excluding hydrogens is 209 g/mol. The Bertz CT molecular complexity index is 325. The molecule has 0 aliphatic rings. The van der Waals surface area contributed by atoms with Crippen LogP contribution < -0.4 is 4.74 Å². The Hall–Kier alpha value is -1.10. The van der Waals surface area contributed by atoms with E-state index in [1.54, 1.807) is 0 Å². The third-order valence-corrected chi connectivity index (χ3v) is 1.75. The number of benzene rings is 1. The Kier molecular flexibility index (Phi) is 2.56. The summed E-state index contributed by atoms with van der Waals surface area (Å²) in [5.74, 6) is -6.80. The summed E-state index contributed by atoms with van der Waals surface area (Å²) in [6.07, 6.45) is 0. The molecule has 0 aliphatic carbocycles. The lowest BCUT2D eigenvalue weighted by atomic mass is 10.3. The number of hydrogen-bond acceptors (Lipinski definition) is 2. The summed E-state index contributed by atoms with van der Waals surface area (Å²) in [5, 5.41) is 7.84. The Labute approximate surface area is 76.5 Å². The lowest BCUT2D eigenvalue weighted by Gasteiger charge is -2.07. The van der Waals surface area contributed by atoms with Crippen molar-refractivity contribution >= 4 is 11.6 Å². The molecule has 1 rings (SSSR count). The molecule has 0 fully saturated rings. The number of phenolic OH excluding ortho intramolecular Hbond substituents is 1. The molecule has 0 radical (unpaired) electrons. The van der Waals surface area contributed by atoms with E-state index < -0.39 is 34.0 Å². The molecule has 72 valence electrons. The van der Waals surface area contributed by atoms with Crippen molar-refractivity contribution in [2.45, 2.75) is 0 Å². The molecule has 0 amide bonds. The summed E-state index contributed by atoms with van der Waals surface area (Å²) in [6, 6.07) is 0. The van der Waals surface area contributed by atoms with Crippen LogP contribution in [0.5, 0.6) is 11.5 Å². The average Bonchev–Trinajstić information content (AvgIpc) is 2.13. The van der Waals surface area contributed by atoms with Gasteiger partial charge in [0.2, 0.25) is 11.6 Å². The average molecular weight is 213 g/mol. The lowest BCUT2D eigenvalue weighted by molar-refractivity contribution is 0.332. The second-order valence-corrected chi connectivity index (χ2v) is 2.52. The molecule has 6 heteroatoms. The first-order chi connectivity index (χ1) is 6.00. The van der Waals surface area contributed by atoms with Gasteiger partial charge in [0.25, 0.3) is 0 Å². The first-order valence-electron chi connectivity index (χ1n) is 3.09. The standard InChI is InChI=1S/C7H4ClF3O2/c1-13-7-3(9)2(8)6(12)4(10)5(7)11/h12H,1H3. The Morgan fingerprint density at radius 2 is 1.69 bits per heavy atom. The van der Waals surface area contributed by atoms with Gasteiger partial charge >= 0.3 is 0 Å². The van der Waals surface area contributed by atoms with Crippen LogP contribution in [0.4, 0.5) is 13.2 Å². The highest BCUT2D eigenvalue weighted by atomic mass is 35.5. The number of methoxy groups -OCH3 is 1. The summed E-state index contributed by atoms with van der Waals surface area (Å²) in [6.45, 7) is 0. The highest BCUT2D eigenvalue weighted by Gasteiger charge is 2.24. The smallest absolute Gasteiger partial charge is 0.207 e. The molecule has 13 heavy (non-hydrogen) atoms. The topological polar surface area (TPSA) is 29.5 Å². The summed E-state index contributed by atoms with van der Waals surface area (Å²) in [7, 11) is 0.953. The van der Waals surface area contributed by atoms with Crippen LogP contribution in [-0.2, 0) is 0 Å². The predicted octanol–water partition coefficient (Wildman–Crippen LogP) is 2.47. The second kappa shape index (κ2) is 3.33. The fourth-order valence-corrected chi connectivity index (χ4v) is 0.948. The van der Waals surface area contributed by atoms with Crippen molar-refractivity contribution in [3.05, 3.63) is 22.5 Å². The molecule has 1 N–H and O–H groups in total. The van der Waals surface area contributed by atoms with Gasteiger partial charge in [0.1, 0.15) is 5.02 Å². The molecule has 0 atom stereocenters. The Morgan fingerprint density at radius 1 is 1.15 bits per heavy atom. The van der Waals surface area contributed by atoms with E-state index in [-0.39, 0.29) is 0 Å². The van der Waals surface area contributed by atoms with Gasteiger partial charge in [0.05, 0.1) is 7.11 Å². The zero-order valence-electron chi connectivity index (χ0n) is 6.37. The number of hydrogen-bond donors (Lipinski definition) is 1. The monoisotopic (exact) mass is 212 g/mol. The van der Waals surface area contributed by atoms with Gasteiger partial charge in [-0.3, -0.25) is 0 Å². The predicted molar refractivity (Wildman–Crippen MR) is 39.5 cm³/mol. The normalized spacial score (nSPS) is 10.2. The minimum Gasteiger partial charge on any atom is -0.504 e. The van der Waals surface area contributed by atoms with Crippen LogP contribution in [0.2, 0.25) is 5.02 Å². The Morgan fingerprint density at radius 3 is 2.15 bits per heavy atom. The number of rotatable bonds is 1. The maximum absolute atomic E-state index is 12.9. The molecular formula is C7H4ClF3O2. The molecule has 0 aliphatic heterocycles. The van der Waals surface area contributed by atoms with Crippen LogP contribution in [0.1, 0.15) is 0 Å². The van der Waals surface area contributed by atoms with E-state index >= 15 is 0 Å². The van der Waals surface area contributed by atoms with Crippen molar-refractivity contribution in [3.63, 3.8) is 0 Å². The van der Waals surface area contributed by atoms with Crippen LogP contribution in [-0.4, -0.2) is 12.2 Å². The molecule has 1 aromatic carbocycles. The summed E-state index contributed by atoms with van der Waals surface area (Å²) < 4.78 is 42.5. The highest BCUT2D eigenvalue weighted by molar-refractivity contribution is 6.32. The Balaban J connectivity index is 3.56. The largest absolute Gasteiger partial charge is 0.504 e. The van der Waals surface area contributed by atoms with Crippen molar-refractivity contribution in [2.24, 2.45) is 0 Å². The quantitative estimate of drug-likeness (QED) is 0.725. The van der Waals surface area contributed by atoms with Crippen LogP contribution in [0, 0.1) is 17.5 Å². The fraction of sp³-hybridized carbons (Fsp3) is 0.143. The molecule has 0 bridgehead atoms. The molecule has 0 unspecified atom stereocenters. The molecule has 2 nitrogen and oxygen atoms in total. The third kappa shape index (κ3) is 1.39. The molecule has 0 saturated heterocycles. The van der Waals surface area contributed by atoms with Gasteiger partial charge in [-0.1, -0.05) is 11.6 Å². The van der Waals surface area contributed by atoms with E-state index in [1.165, 1.54) is 0 Å². The SMILES string of the molecule is COc1c(F)c(F)c(O)c(Cl)c1F. The first-order valence-corrected chi connectivity index (χ1v) is 3.47. The number of aromatic hydroxyl groups is 1. The number of halogens is 4. The number of ether oxygens (including phenoxy) is 1. The van der Waals surface area contributed by atoms with Gasteiger partial charge in [-0.25, -0.2) is 4.39 Å². The zero-order valence-corrected chi connectivity index (χ0v) is 7.12. The fourth-order valence-electron chi connectivity index (χ4n) is 0.779. The second-order valence-electron chi connectivity index (χ2n) is 2.14. The maximum Gasteiger partial charge on any atom is 0.207 e. The van der Waals surface area contributed by atoms with Gasteiger partial charge in [-0.2, -0.15) is 8.78 Å². The van der Waals surface area contributed by atoms with Gasteiger partial charge in [-0.15, -0.1) is 0 Å². The van der Waals surface area contributed by atoms with Crippen molar-refractivity contribution in [3.8, 4) is 11.5 Å². The van der Waals surface area contributed by atoms with Crippen molar-refractivity contribution in [1.29, 1.82) is 0 Å². The highest BCUT2D eigenvalue weighted by Crippen LogP contribution is 2.37. The van der Waals surface area contributed by atoms with Crippen molar-refractivity contribution in [2.75, 3.05) is 7.11 Å². The van der Waals surface area contributed by atoms with Crippen LogP contribution in [0.3, 0.4) is 0 Å². The van der Waals surface area contributed by atoms with Gasteiger partial charge in [0.15, 0.2) is 17.3 Å². The van der Waals surface area contributed by atoms with Crippen molar-refractivity contribution < 1.29 is 23.0 Å². The molecule has 0 saturated carbocycles. The van der Waals surface area contributed by atoms with E-state index in [2.05, 4.69) is 4.74 Å². The maximum atomic E-state index is 12.9. The molecule has 1 aromatic rings. The minimum absolute atomic E-state index is 0.907. The van der Waals surface area contributed by atoms with Crippen LogP contribution in [0.15, 0.2) is 0 Å². The van der Waals surface area contributed by atoms with Crippen LogP contribution in [0.25, 0.3) is 0 Å². The molecule has 0 aromatic heterocycles. The molecule has 0 spiro atoms. The van der Waals surface area contributed by atoms with E-state index in [4.69, 9.17) is 16.7 Å². The zero-order chi connectivity index (χ0) is 10.2. The van der Waals surface area contributed by atoms with E-state index in [9.17, 15) is 13.2 Å². The minimum atomic E-state index is -1.64. The lowest BCUT2D eigenvalue weighted by Crippen LogP contribution is -1.97. The molecule has 0 heterocycles. The number of phenols is 1. The summed E-state index contributed by atoms with van der Waals surface area (Å²) in [4.78, 5) is 0. The van der Waals surface area contributed by atoms with Gasteiger partial charge < -0.3 is 9.84 Å².